The SMILES string of the molecule is O=C(COCC(F)F)c1cc(F)ccc1F. The van der Waals surface area contributed by atoms with E-state index in [1.165, 1.54) is 0 Å². The van der Waals surface area contributed by atoms with E-state index in [1.807, 2.05) is 0 Å². The zero-order valence-corrected chi connectivity index (χ0v) is 8.05. The van der Waals surface area contributed by atoms with Crippen molar-refractivity contribution in [3.05, 3.63) is 35.4 Å². The molecule has 88 valence electrons. The molecule has 0 aliphatic carbocycles. The van der Waals surface area contributed by atoms with Crippen LogP contribution in [0, 0.1) is 11.6 Å². The van der Waals surface area contributed by atoms with Crippen LogP contribution in [0.2, 0.25) is 0 Å². The zero-order valence-electron chi connectivity index (χ0n) is 8.05. The predicted octanol–water partition coefficient (Wildman–Crippen LogP) is 2.43. The van der Waals surface area contributed by atoms with Gasteiger partial charge >= 0.3 is 0 Å². The van der Waals surface area contributed by atoms with Crippen molar-refractivity contribution in [1.82, 2.24) is 0 Å². The Hall–Kier alpha value is -1.43. The summed E-state index contributed by atoms with van der Waals surface area (Å²) in [6.07, 6.45) is -2.70. The number of hydrogen-bond acceptors (Lipinski definition) is 2. The minimum Gasteiger partial charge on any atom is -0.367 e. The molecule has 0 atom stereocenters. The molecule has 0 aliphatic rings. The Balaban J connectivity index is 2.62. The quantitative estimate of drug-likeness (QED) is 0.579. The molecule has 0 amide bonds. The van der Waals surface area contributed by atoms with Crippen LogP contribution in [0.1, 0.15) is 10.4 Å². The number of Topliss-reactive ketones (excluding diaryl/α,β-unsaturated/α-hetero) is 1. The van der Waals surface area contributed by atoms with Gasteiger partial charge in [0.2, 0.25) is 0 Å². The number of ether oxygens (including phenoxy) is 1. The summed E-state index contributed by atoms with van der Waals surface area (Å²) in [6.45, 7) is -1.62. The summed E-state index contributed by atoms with van der Waals surface area (Å²) in [6, 6.07) is 2.34. The molecule has 0 aliphatic heterocycles. The molecule has 0 aromatic heterocycles. The van der Waals surface area contributed by atoms with Crippen LogP contribution in [-0.4, -0.2) is 25.4 Å². The fourth-order valence-corrected chi connectivity index (χ4v) is 1.03. The predicted molar refractivity (Wildman–Crippen MR) is 47.5 cm³/mol. The molecule has 0 fully saturated rings. The monoisotopic (exact) mass is 236 g/mol. The van der Waals surface area contributed by atoms with Gasteiger partial charge in [0.25, 0.3) is 6.43 Å². The number of halogens is 4. The first-order valence-corrected chi connectivity index (χ1v) is 4.35. The molecule has 1 rings (SSSR count). The highest BCUT2D eigenvalue weighted by Gasteiger charge is 2.13. The van der Waals surface area contributed by atoms with Gasteiger partial charge < -0.3 is 4.74 Å². The van der Waals surface area contributed by atoms with Gasteiger partial charge in [0, 0.05) is 0 Å². The van der Waals surface area contributed by atoms with Crippen molar-refractivity contribution in [2.75, 3.05) is 13.2 Å². The van der Waals surface area contributed by atoms with Gasteiger partial charge in [-0.15, -0.1) is 0 Å². The molecule has 0 N–H and O–H groups in total. The van der Waals surface area contributed by atoms with E-state index in [4.69, 9.17) is 0 Å². The third kappa shape index (κ3) is 3.62. The number of carbonyl (C=O) groups excluding carboxylic acids is 1. The first kappa shape index (κ1) is 12.6. The Bertz CT molecular complexity index is 379. The molecule has 6 heteroatoms. The molecule has 16 heavy (non-hydrogen) atoms. The third-order valence-corrected chi connectivity index (χ3v) is 1.71. The smallest absolute Gasteiger partial charge is 0.261 e. The first-order valence-electron chi connectivity index (χ1n) is 4.35. The van der Waals surface area contributed by atoms with Crippen molar-refractivity contribution >= 4 is 5.78 Å². The maximum absolute atomic E-state index is 13.0. The lowest BCUT2D eigenvalue weighted by molar-refractivity contribution is 0.0195. The maximum atomic E-state index is 13.0. The standard InChI is InChI=1S/C10H8F4O2/c11-6-1-2-8(12)7(3-6)9(15)4-16-5-10(13)14/h1-3,10H,4-5H2. The molecular formula is C10H8F4O2. The Labute approximate surface area is 88.8 Å². The van der Waals surface area contributed by atoms with Crippen molar-refractivity contribution in [3.8, 4) is 0 Å². The second kappa shape index (κ2) is 5.60. The fraction of sp³-hybridized carbons (Fsp3) is 0.300. The van der Waals surface area contributed by atoms with E-state index in [-0.39, 0.29) is 0 Å². The van der Waals surface area contributed by atoms with Gasteiger partial charge in [-0.25, -0.2) is 17.6 Å². The Morgan fingerprint density at radius 3 is 2.62 bits per heavy atom. The highest BCUT2D eigenvalue weighted by Crippen LogP contribution is 2.10. The second-order valence-electron chi connectivity index (χ2n) is 2.95. The summed E-state index contributed by atoms with van der Waals surface area (Å²) in [5.41, 5.74) is -0.505. The van der Waals surface area contributed by atoms with Gasteiger partial charge in [-0.05, 0) is 18.2 Å². The van der Waals surface area contributed by atoms with Gasteiger partial charge in [-0.1, -0.05) is 0 Å². The zero-order chi connectivity index (χ0) is 12.1. The number of alkyl halides is 2. The lowest BCUT2D eigenvalue weighted by Gasteiger charge is -2.04. The number of carbonyl (C=O) groups is 1. The van der Waals surface area contributed by atoms with Crippen LogP contribution < -0.4 is 0 Å². The van der Waals surface area contributed by atoms with Gasteiger partial charge in [0.1, 0.15) is 24.8 Å². The molecule has 0 radical (unpaired) electrons. The van der Waals surface area contributed by atoms with Crippen molar-refractivity contribution in [3.63, 3.8) is 0 Å². The molecule has 0 saturated heterocycles. The molecule has 0 saturated carbocycles. The Kier molecular flexibility index (Phi) is 4.42. The summed E-state index contributed by atoms with van der Waals surface area (Å²) in [7, 11) is 0. The van der Waals surface area contributed by atoms with Crippen LogP contribution in [0.4, 0.5) is 17.6 Å². The number of ketones is 1. The first-order chi connectivity index (χ1) is 7.50. The number of benzene rings is 1. The van der Waals surface area contributed by atoms with Crippen LogP contribution in [0.5, 0.6) is 0 Å². The second-order valence-corrected chi connectivity index (χ2v) is 2.95. The van der Waals surface area contributed by atoms with Crippen LogP contribution in [0.25, 0.3) is 0 Å². The normalized spacial score (nSPS) is 10.8. The molecule has 0 spiro atoms. The summed E-state index contributed by atoms with van der Waals surface area (Å²) in [4.78, 5) is 11.2. The Morgan fingerprint density at radius 1 is 1.31 bits per heavy atom. The number of rotatable bonds is 5. The lowest BCUT2D eigenvalue weighted by atomic mass is 10.1. The van der Waals surface area contributed by atoms with E-state index in [0.29, 0.717) is 6.07 Å². The summed E-state index contributed by atoms with van der Waals surface area (Å²) >= 11 is 0. The molecule has 1 aromatic rings. The van der Waals surface area contributed by atoms with E-state index >= 15 is 0 Å². The van der Waals surface area contributed by atoms with Crippen molar-refractivity contribution in [1.29, 1.82) is 0 Å². The van der Waals surface area contributed by atoms with Gasteiger partial charge in [0.05, 0.1) is 5.56 Å². The largest absolute Gasteiger partial charge is 0.367 e. The van der Waals surface area contributed by atoms with Crippen LogP contribution in [0.3, 0.4) is 0 Å². The Morgan fingerprint density at radius 2 is 2.00 bits per heavy atom. The molecule has 1 aromatic carbocycles. The van der Waals surface area contributed by atoms with Crippen LogP contribution in [0.15, 0.2) is 18.2 Å². The summed E-state index contributed by atoms with van der Waals surface area (Å²) in [5, 5.41) is 0. The highest BCUT2D eigenvalue weighted by atomic mass is 19.3. The fourth-order valence-electron chi connectivity index (χ4n) is 1.03. The van der Waals surface area contributed by atoms with Gasteiger partial charge in [-0.2, -0.15) is 0 Å². The summed E-state index contributed by atoms with van der Waals surface area (Å²) in [5.74, 6) is -2.57. The topological polar surface area (TPSA) is 26.3 Å². The molecule has 0 unspecified atom stereocenters. The van der Waals surface area contributed by atoms with Crippen LogP contribution in [-0.2, 0) is 4.74 Å². The average Bonchev–Trinajstić information content (AvgIpc) is 2.21. The van der Waals surface area contributed by atoms with E-state index in [1.54, 1.807) is 0 Å². The average molecular weight is 236 g/mol. The van der Waals surface area contributed by atoms with E-state index in [2.05, 4.69) is 4.74 Å². The molecule has 2 nitrogen and oxygen atoms in total. The maximum Gasteiger partial charge on any atom is 0.261 e. The van der Waals surface area contributed by atoms with Gasteiger partial charge in [0.15, 0.2) is 5.78 Å². The van der Waals surface area contributed by atoms with E-state index in [9.17, 15) is 22.4 Å². The van der Waals surface area contributed by atoms with Crippen molar-refractivity contribution in [2.45, 2.75) is 6.43 Å². The minimum absolute atomic E-state index is 0.505. The highest BCUT2D eigenvalue weighted by molar-refractivity contribution is 5.97. The number of hydrogen-bond donors (Lipinski definition) is 0. The van der Waals surface area contributed by atoms with E-state index < -0.39 is 42.6 Å². The van der Waals surface area contributed by atoms with Gasteiger partial charge in [-0.3, -0.25) is 4.79 Å². The van der Waals surface area contributed by atoms with E-state index in [0.717, 1.165) is 12.1 Å². The van der Waals surface area contributed by atoms with Crippen molar-refractivity contribution in [2.24, 2.45) is 0 Å². The van der Waals surface area contributed by atoms with Crippen molar-refractivity contribution < 1.29 is 27.1 Å². The molecule has 0 heterocycles. The van der Waals surface area contributed by atoms with Crippen LogP contribution >= 0.6 is 0 Å². The third-order valence-electron chi connectivity index (χ3n) is 1.71. The lowest BCUT2D eigenvalue weighted by Crippen LogP contribution is -2.14. The molecule has 0 bridgehead atoms. The summed E-state index contributed by atoms with van der Waals surface area (Å²) < 4.78 is 53.3. The molecular weight excluding hydrogens is 228 g/mol. The minimum atomic E-state index is -2.70.